The summed E-state index contributed by atoms with van der Waals surface area (Å²) >= 11 is 0. The molecule has 0 fully saturated rings. The highest BCUT2D eigenvalue weighted by atomic mass is 16.6. The Morgan fingerprint density at radius 1 is 0.960 bits per heavy atom. The SMILES string of the molecule is NC(C(=O)O)c1ccccc1C(=O)c1cccc([N+](=O)[O-])c1[N+](=O)[O-]. The van der Waals surface area contributed by atoms with Crippen molar-refractivity contribution in [3.63, 3.8) is 0 Å². The third-order valence-corrected chi connectivity index (χ3v) is 3.45. The molecule has 0 amide bonds. The molecule has 0 radical (unpaired) electrons. The lowest BCUT2D eigenvalue weighted by atomic mass is 9.93. The Balaban J connectivity index is 2.68. The van der Waals surface area contributed by atoms with Crippen LogP contribution in [0.3, 0.4) is 0 Å². The molecule has 0 aliphatic heterocycles. The summed E-state index contributed by atoms with van der Waals surface area (Å²) in [5.41, 5.74) is 2.98. The Morgan fingerprint density at radius 2 is 1.56 bits per heavy atom. The predicted molar refractivity (Wildman–Crippen MR) is 84.2 cm³/mol. The summed E-state index contributed by atoms with van der Waals surface area (Å²) in [7, 11) is 0. The van der Waals surface area contributed by atoms with Gasteiger partial charge in [0.05, 0.1) is 9.85 Å². The van der Waals surface area contributed by atoms with Crippen molar-refractivity contribution < 1.29 is 24.5 Å². The monoisotopic (exact) mass is 345 g/mol. The maximum absolute atomic E-state index is 12.7. The fourth-order valence-electron chi connectivity index (χ4n) is 2.31. The predicted octanol–water partition coefficient (Wildman–Crippen LogP) is 1.82. The number of aliphatic carboxylic acids is 1. The van der Waals surface area contributed by atoms with Crippen LogP contribution in [-0.4, -0.2) is 26.7 Å². The zero-order valence-corrected chi connectivity index (χ0v) is 12.5. The molecule has 1 unspecified atom stereocenters. The molecule has 0 spiro atoms. The van der Waals surface area contributed by atoms with E-state index < -0.39 is 44.6 Å². The molecule has 0 aliphatic rings. The molecule has 0 aromatic heterocycles. The minimum Gasteiger partial charge on any atom is -0.480 e. The maximum atomic E-state index is 12.7. The minimum absolute atomic E-state index is 0.0548. The van der Waals surface area contributed by atoms with Crippen LogP contribution >= 0.6 is 0 Å². The lowest BCUT2D eigenvalue weighted by Crippen LogP contribution is -2.23. The van der Waals surface area contributed by atoms with Crippen molar-refractivity contribution >= 4 is 23.1 Å². The van der Waals surface area contributed by atoms with Gasteiger partial charge in [-0.3, -0.25) is 29.8 Å². The highest BCUT2D eigenvalue weighted by Gasteiger charge is 2.33. The molecule has 2 aromatic rings. The normalized spacial score (nSPS) is 11.6. The smallest absolute Gasteiger partial charge is 0.357 e. The second-order valence-corrected chi connectivity index (χ2v) is 4.92. The second kappa shape index (κ2) is 6.84. The number of hydrogen-bond acceptors (Lipinski definition) is 7. The lowest BCUT2D eigenvalue weighted by molar-refractivity contribution is -0.422. The molecule has 0 heterocycles. The number of nitrogens with two attached hydrogens (primary N) is 1. The van der Waals surface area contributed by atoms with Crippen molar-refractivity contribution in [2.24, 2.45) is 5.73 Å². The van der Waals surface area contributed by atoms with Gasteiger partial charge in [-0.1, -0.05) is 30.3 Å². The first kappa shape index (κ1) is 17.7. The second-order valence-electron chi connectivity index (χ2n) is 4.92. The topological polar surface area (TPSA) is 167 Å². The van der Waals surface area contributed by atoms with E-state index in [0.29, 0.717) is 0 Å². The Hall–Kier alpha value is -3.66. The molecule has 10 heteroatoms. The van der Waals surface area contributed by atoms with Gasteiger partial charge in [-0.05, 0) is 11.6 Å². The van der Waals surface area contributed by atoms with Crippen LogP contribution in [-0.2, 0) is 4.79 Å². The van der Waals surface area contributed by atoms with Crippen molar-refractivity contribution in [3.05, 3.63) is 79.4 Å². The molecule has 0 saturated heterocycles. The van der Waals surface area contributed by atoms with Gasteiger partial charge in [-0.25, -0.2) is 0 Å². The molecule has 2 aromatic carbocycles. The molecular formula is C15H11N3O7. The summed E-state index contributed by atoms with van der Waals surface area (Å²) in [4.78, 5) is 44.1. The standard InChI is InChI=1S/C15H11N3O7/c16-12(15(20)21)8-4-1-2-5-9(8)14(19)10-6-3-7-11(17(22)23)13(10)18(24)25/h1-7,12H,16H2,(H,20,21). The summed E-state index contributed by atoms with van der Waals surface area (Å²) in [6, 6.07) is 7.01. The number of carboxylic acid groups (broad SMARTS) is 1. The molecule has 0 saturated carbocycles. The fourth-order valence-corrected chi connectivity index (χ4v) is 2.31. The molecule has 3 N–H and O–H groups in total. The van der Waals surface area contributed by atoms with Gasteiger partial charge in [0.25, 0.3) is 0 Å². The van der Waals surface area contributed by atoms with Gasteiger partial charge in [0.2, 0.25) is 5.78 Å². The zero-order valence-electron chi connectivity index (χ0n) is 12.5. The third kappa shape index (κ3) is 3.33. The van der Waals surface area contributed by atoms with Crippen LogP contribution in [0.1, 0.15) is 27.5 Å². The molecule has 1 atom stereocenters. The number of para-hydroxylation sites is 1. The molecule has 0 aliphatic carbocycles. The Kier molecular flexibility index (Phi) is 4.84. The zero-order chi connectivity index (χ0) is 18.7. The van der Waals surface area contributed by atoms with Crippen LogP contribution in [0, 0.1) is 20.2 Å². The van der Waals surface area contributed by atoms with Crippen LogP contribution in [0.25, 0.3) is 0 Å². The Morgan fingerprint density at radius 3 is 2.12 bits per heavy atom. The number of carbonyl (C=O) groups is 2. The van der Waals surface area contributed by atoms with E-state index >= 15 is 0 Å². The van der Waals surface area contributed by atoms with Crippen molar-refractivity contribution in [3.8, 4) is 0 Å². The summed E-state index contributed by atoms with van der Waals surface area (Å²) in [5, 5.41) is 31.3. The molecular weight excluding hydrogens is 334 g/mol. The van der Waals surface area contributed by atoms with Crippen molar-refractivity contribution in [1.82, 2.24) is 0 Å². The number of rotatable bonds is 6. The van der Waals surface area contributed by atoms with E-state index in [-0.39, 0.29) is 11.1 Å². The summed E-state index contributed by atoms with van der Waals surface area (Å²) in [6.45, 7) is 0. The van der Waals surface area contributed by atoms with Gasteiger partial charge >= 0.3 is 17.3 Å². The largest absolute Gasteiger partial charge is 0.480 e. The molecule has 10 nitrogen and oxygen atoms in total. The van der Waals surface area contributed by atoms with Crippen LogP contribution in [0.2, 0.25) is 0 Å². The third-order valence-electron chi connectivity index (χ3n) is 3.45. The number of nitrogens with zero attached hydrogens (tertiary/aromatic N) is 2. The number of nitro groups is 2. The van der Waals surface area contributed by atoms with E-state index in [1.165, 1.54) is 24.3 Å². The van der Waals surface area contributed by atoms with Crippen LogP contribution in [0.4, 0.5) is 11.4 Å². The van der Waals surface area contributed by atoms with E-state index in [4.69, 9.17) is 10.8 Å². The number of nitro benzene ring substituents is 2. The number of hydrogen-bond donors (Lipinski definition) is 2. The molecule has 25 heavy (non-hydrogen) atoms. The van der Waals surface area contributed by atoms with E-state index in [2.05, 4.69) is 0 Å². The fraction of sp³-hybridized carbons (Fsp3) is 0.0667. The van der Waals surface area contributed by atoms with Gasteiger partial charge in [-0.15, -0.1) is 0 Å². The number of carboxylic acids is 1. The van der Waals surface area contributed by atoms with Crippen LogP contribution in [0.5, 0.6) is 0 Å². The number of benzene rings is 2. The Labute approximate surface area is 139 Å². The lowest BCUT2D eigenvalue weighted by Gasteiger charge is -2.12. The van der Waals surface area contributed by atoms with Gasteiger partial charge in [-0.2, -0.15) is 0 Å². The van der Waals surface area contributed by atoms with Crippen LogP contribution in [0.15, 0.2) is 42.5 Å². The van der Waals surface area contributed by atoms with Gasteiger partial charge < -0.3 is 10.8 Å². The summed E-state index contributed by atoms with van der Waals surface area (Å²) in [5.74, 6) is -2.32. The highest BCUT2D eigenvalue weighted by molar-refractivity contribution is 6.13. The first-order valence-corrected chi connectivity index (χ1v) is 6.79. The van der Waals surface area contributed by atoms with E-state index in [0.717, 1.165) is 18.2 Å². The molecule has 0 bridgehead atoms. The van der Waals surface area contributed by atoms with Crippen molar-refractivity contribution in [2.45, 2.75) is 6.04 Å². The van der Waals surface area contributed by atoms with Crippen LogP contribution < -0.4 is 5.73 Å². The minimum atomic E-state index is -1.53. The van der Waals surface area contributed by atoms with Gasteiger partial charge in [0.15, 0.2) is 0 Å². The first-order valence-electron chi connectivity index (χ1n) is 6.79. The first-order chi connectivity index (χ1) is 11.8. The summed E-state index contributed by atoms with van der Waals surface area (Å²) in [6.07, 6.45) is 0. The maximum Gasteiger partial charge on any atom is 0.357 e. The van der Waals surface area contributed by atoms with Gasteiger partial charge in [0.1, 0.15) is 11.6 Å². The number of carbonyl (C=O) groups excluding carboxylic acids is 1. The average molecular weight is 345 g/mol. The number of ketones is 1. The summed E-state index contributed by atoms with van der Waals surface area (Å²) < 4.78 is 0. The average Bonchev–Trinajstić information content (AvgIpc) is 2.59. The van der Waals surface area contributed by atoms with Crippen molar-refractivity contribution in [2.75, 3.05) is 0 Å². The quantitative estimate of drug-likeness (QED) is 0.454. The molecule has 128 valence electrons. The Bertz CT molecular complexity index is 894. The molecule has 2 rings (SSSR count). The highest BCUT2D eigenvalue weighted by Crippen LogP contribution is 2.33. The van der Waals surface area contributed by atoms with Gasteiger partial charge in [0, 0.05) is 11.6 Å². The van der Waals surface area contributed by atoms with E-state index in [1.807, 2.05) is 0 Å². The van der Waals surface area contributed by atoms with E-state index in [9.17, 15) is 29.8 Å². The van der Waals surface area contributed by atoms with Crippen molar-refractivity contribution in [1.29, 1.82) is 0 Å². The van der Waals surface area contributed by atoms with E-state index in [1.54, 1.807) is 0 Å².